The SMILES string of the molecule is C1=C(CCNC2CCOC3(CCSC3)C2)CCCC1. The molecule has 2 aliphatic heterocycles. The standard InChI is InChI=1S/C16H27NOS/c1-2-4-14(5-3-1)6-9-17-15-7-10-18-16(12-15)8-11-19-13-16/h4,15,17H,1-3,5-13H2. The Kier molecular flexibility index (Phi) is 4.88. The quantitative estimate of drug-likeness (QED) is 0.797. The van der Waals surface area contributed by atoms with Crippen molar-refractivity contribution in [2.45, 2.75) is 63.0 Å². The van der Waals surface area contributed by atoms with Crippen molar-refractivity contribution >= 4 is 11.8 Å². The molecule has 2 heterocycles. The van der Waals surface area contributed by atoms with Gasteiger partial charge in [0.05, 0.1) is 5.60 Å². The van der Waals surface area contributed by atoms with Crippen LogP contribution >= 0.6 is 11.8 Å². The van der Waals surface area contributed by atoms with E-state index >= 15 is 0 Å². The van der Waals surface area contributed by atoms with Gasteiger partial charge in [0.25, 0.3) is 0 Å². The predicted octanol–water partition coefficient (Wildman–Crippen LogP) is 3.52. The lowest BCUT2D eigenvalue weighted by molar-refractivity contribution is -0.0699. The van der Waals surface area contributed by atoms with Crippen molar-refractivity contribution in [3.63, 3.8) is 0 Å². The maximum atomic E-state index is 6.08. The van der Waals surface area contributed by atoms with Crippen LogP contribution in [0.3, 0.4) is 0 Å². The lowest BCUT2D eigenvalue weighted by Crippen LogP contribution is -2.47. The summed E-state index contributed by atoms with van der Waals surface area (Å²) >= 11 is 2.07. The zero-order valence-corrected chi connectivity index (χ0v) is 12.8. The highest BCUT2D eigenvalue weighted by molar-refractivity contribution is 7.99. The Morgan fingerprint density at radius 2 is 2.42 bits per heavy atom. The largest absolute Gasteiger partial charge is 0.374 e. The summed E-state index contributed by atoms with van der Waals surface area (Å²) in [5, 5.41) is 3.79. The van der Waals surface area contributed by atoms with Crippen LogP contribution in [0.1, 0.15) is 51.4 Å². The van der Waals surface area contributed by atoms with Crippen LogP contribution in [0, 0.1) is 0 Å². The molecule has 0 amide bonds. The first kappa shape index (κ1) is 14.0. The van der Waals surface area contributed by atoms with Crippen molar-refractivity contribution < 1.29 is 4.74 Å². The fourth-order valence-electron chi connectivity index (χ4n) is 3.63. The number of nitrogens with one attached hydrogen (secondary N) is 1. The molecule has 1 N–H and O–H groups in total. The minimum Gasteiger partial charge on any atom is -0.374 e. The van der Waals surface area contributed by atoms with E-state index in [1.807, 2.05) is 0 Å². The van der Waals surface area contributed by atoms with Gasteiger partial charge in [-0.25, -0.2) is 0 Å². The van der Waals surface area contributed by atoms with Crippen LogP contribution in [0.25, 0.3) is 0 Å². The van der Waals surface area contributed by atoms with E-state index in [1.54, 1.807) is 5.57 Å². The molecule has 108 valence electrons. The number of rotatable bonds is 4. The number of allylic oxidation sites excluding steroid dienone is 1. The average molecular weight is 281 g/mol. The van der Waals surface area contributed by atoms with Crippen LogP contribution in [-0.2, 0) is 4.74 Å². The van der Waals surface area contributed by atoms with Gasteiger partial charge in [-0.05, 0) is 63.7 Å². The molecule has 0 aromatic rings. The Morgan fingerprint density at radius 1 is 1.42 bits per heavy atom. The van der Waals surface area contributed by atoms with Crippen molar-refractivity contribution in [1.82, 2.24) is 5.32 Å². The van der Waals surface area contributed by atoms with Crippen LogP contribution in [0.4, 0.5) is 0 Å². The van der Waals surface area contributed by atoms with Gasteiger partial charge < -0.3 is 10.1 Å². The molecule has 1 aliphatic carbocycles. The van der Waals surface area contributed by atoms with Gasteiger partial charge >= 0.3 is 0 Å². The van der Waals surface area contributed by atoms with Crippen molar-refractivity contribution in [3.8, 4) is 0 Å². The summed E-state index contributed by atoms with van der Waals surface area (Å²) in [6.07, 6.45) is 12.9. The van der Waals surface area contributed by atoms with Gasteiger partial charge in [0.2, 0.25) is 0 Å². The van der Waals surface area contributed by atoms with Crippen molar-refractivity contribution in [1.29, 1.82) is 0 Å². The van der Waals surface area contributed by atoms with E-state index in [0.717, 1.165) is 6.61 Å². The van der Waals surface area contributed by atoms with Crippen LogP contribution < -0.4 is 5.32 Å². The highest BCUT2D eigenvalue weighted by Gasteiger charge is 2.40. The van der Waals surface area contributed by atoms with E-state index in [9.17, 15) is 0 Å². The topological polar surface area (TPSA) is 21.3 Å². The maximum Gasteiger partial charge on any atom is 0.0795 e. The van der Waals surface area contributed by atoms with Crippen molar-refractivity contribution in [2.24, 2.45) is 0 Å². The summed E-state index contributed by atoms with van der Waals surface area (Å²) in [5.41, 5.74) is 1.92. The van der Waals surface area contributed by atoms with E-state index in [2.05, 4.69) is 23.2 Å². The Morgan fingerprint density at radius 3 is 3.21 bits per heavy atom. The molecule has 19 heavy (non-hydrogen) atoms. The molecule has 3 rings (SSSR count). The number of hydrogen-bond donors (Lipinski definition) is 1. The van der Waals surface area contributed by atoms with Gasteiger partial charge in [-0.15, -0.1) is 0 Å². The first-order chi connectivity index (χ1) is 9.36. The second-order valence-corrected chi connectivity index (χ2v) is 7.44. The molecule has 0 aromatic carbocycles. The van der Waals surface area contributed by atoms with Crippen LogP contribution in [-0.4, -0.2) is 36.3 Å². The third kappa shape index (κ3) is 3.77. The zero-order chi connectivity index (χ0) is 13.0. The first-order valence-electron chi connectivity index (χ1n) is 7.99. The molecule has 1 spiro atoms. The van der Waals surface area contributed by atoms with Crippen molar-refractivity contribution in [2.75, 3.05) is 24.7 Å². The Bertz CT molecular complexity index is 323. The number of ether oxygens (including phenoxy) is 1. The molecule has 0 aromatic heterocycles. The molecular weight excluding hydrogens is 254 g/mol. The second-order valence-electron chi connectivity index (χ2n) is 6.34. The van der Waals surface area contributed by atoms with E-state index in [-0.39, 0.29) is 5.60 Å². The molecule has 2 atom stereocenters. The molecule has 2 nitrogen and oxygen atoms in total. The lowest BCUT2D eigenvalue weighted by Gasteiger charge is -2.38. The molecule has 2 fully saturated rings. The third-order valence-corrected chi connectivity index (χ3v) is 6.05. The van der Waals surface area contributed by atoms with Crippen LogP contribution in [0.2, 0.25) is 0 Å². The number of thioether (sulfide) groups is 1. The molecule has 0 bridgehead atoms. The molecule has 0 radical (unpaired) electrons. The minimum absolute atomic E-state index is 0.227. The fourth-order valence-corrected chi connectivity index (χ4v) is 5.01. The monoisotopic (exact) mass is 281 g/mol. The summed E-state index contributed by atoms with van der Waals surface area (Å²) in [4.78, 5) is 0. The number of hydrogen-bond acceptors (Lipinski definition) is 3. The zero-order valence-electron chi connectivity index (χ0n) is 12.0. The lowest BCUT2D eigenvalue weighted by atomic mass is 9.89. The summed E-state index contributed by atoms with van der Waals surface area (Å²) < 4.78 is 6.08. The maximum absolute atomic E-state index is 6.08. The minimum atomic E-state index is 0.227. The normalized spacial score (nSPS) is 35.6. The van der Waals surface area contributed by atoms with Gasteiger partial charge in [0.1, 0.15) is 0 Å². The van der Waals surface area contributed by atoms with Crippen LogP contribution in [0.15, 0.2) is 11.6 Å². The molecule has 0 saturated carbocycles. The molecule has 2 saturated heterocycles. The van der Waals surface area contributed by atoms with E-state index < -0.39 is 0 Å². The molecule has 3 heteroatoms. The Hall–Kier alpha value is 0.0100. The van der Waals surface area contributed by atoms with E-state index in [0.29, 0.717) is 6.04 Å². The average Bonchev–Trinajstić information content (AvgIpc) is 2.88. The fraction of sp³-hybridized carbons (Fsp3) is 0.875. The van der Waals surface area contributed by atoms with Crippen molar-refractivity contribution in [3.05, 3.63) is 11.6 Å². The Balaban J connectivity index is 1.41. The van der Waals surface area contributed by atoms with E-state index in [1.165, 1.54) is 69.4 Å². The molecule has 3 aliphatic rings. The van der Waals surface area contributed by atoms with E-state index in [4.69, 9.17) is 4.74 Å². The highest BCUT2D eigenvalue weighted by Crippen LogP contribution is 2.38. The second kappa shape index (κ2) is 6.64. The van der Waals surface area contributed by atoms with Gasteiger partial charge in [0.15, 0.2) is 0 Å². The van der Waals surface area contributed by atoms with Gasteiger partial charge in [0, 0.05) is 18.4 Å². The molecule has 2 unspecified atom stereocenters. The third-order valence-electron chi connectivity index (χ3n) is 4.82. The molecular formula is C16H27NOS. The van der Waals surface area contributed by atoms with Gasteiger partial charge in [-0.3, -0.25) is 0 Å². The highest BCUT2D eigenvalue weighted by atomic mass is 32.2. The summed E-state index contributed by atoms with van der Waals surface area (Å²) in [6, 6.07) is 0.691. The predicted molar refractivity (Wildman–Crippen MR) is 82.8 cm³/mol. The smallest absolute Gasteiger partial charge is 0.0795 e. The summed E-state index contributed by atoms with van der Waals surface area (Å²) in [6.45, 7) is 2.13. The summed E-state index contributed by atoms with van der Waals surface area (Å²) in [5.74, 6) is 2.51. The first-order valence-corrected chi connectivity index (χ1v) is 9.15. The van der Waals surface area contributed by atoms with Gasteiger partial charge in [-0.1, -0.05) is 11.6 Å². The summed E-state index contributed by atoms with van der Waals surface area (Å²) in [7, 11) is 0. The Labute approximate surface area is 121 Å². The van der Waals surface area contributed by atoms with Crippen LogP contribution in [0.5, 0.6) is 0 Å². The van der Waals surface area contributed by atoms with Gasteiger partial charge in [-0.2, -0.15) is 11.8 Å².